The molecule has 2 aliphatic heterocycles. The van der Waals surface area contributed by atoms with Crippen molar-refractivity contribution in [3.8, 4) is 11.1 Å². The van der Waals surface area contributed by atoms with Crippen LogP contribution in [0.2, 0.25) is 0 Å². The molecular formula is C25H25N9O4. The standard InChI is InChI=1S/C25H25N9O4/c1-12(35)19-20(14-7-15-4-5-16(8-14)33(15)24(36)22-28-11-29-32-22)31-23-17(10-30-34(23)21(19)26)13-3-6-18(27-9-13)25(37)38-2/h3,6,9-11,14-16H,4-5,7-8,26H2,1-2H3,(H,28,29,32)/t14-,15+,16-. The molecule has 2 bridgehead atoms. The molecule has 0 aromatic carbocycles. The largest absolute Gasteiger partial charge is 0.464 e. The number of amides is 1. The molecule has 0 unspecified atom stereocenters. The number of ether oxygens (including phenoxy) is 1. The van der Waals surface area contributed by atoms with Gasteiger partial charge in [-0.1, -0.05) is 6.07 Å². The van der Waals surface area contributed by atoms with E-state index in [1.165, 1.54) is 24.9 Å². The number of anilines is 1. The van der Waals surface area contributed by atoms with Gasteiger partial charge in [0.05, 0.1) is 24.6 Å². The van der Waals surface area contributed by atoms with Crippen LogP contribution in [0.3, 0.4) is 0 Å². The number of hydrogen-bond acceptors (Lipinski definition) is 10. The van der Waals surface area contributed by atoms with Crippen molar-refractivity contribution in [1.29, 1.82) is 0 Å². The lowest BCUT2D eigenvalue weighted by Gasteiger charge is -2.38. The third-order valence-electron chi connectivity index (χ3n) is 7.51. The summed E-state index contributed by atoms with van der Waals surface area (Å²) >= 11 is 0. The summed E-state index contributed by atoms with van der Waals surface area (Å²) in [6, 6.07) is 3.29. The average molecular weight is 516 g/mol. The van der Waals surface area contributed by atoms with Gasteiger partial charge in [-0.05, 0) is 38.7 Å². The number of pyridine rings is 1. The maximum absolute atomic E-state index is 13.1. The second kappa shape index (κ2) is 9.01. The van der Waals surface area contributed by atoms with Gasteiger partial charge in [-0.3, -0.25) is 9.59 Å². The summed E-state index contributed by atoms with van der Waals surface area (Å²) in [5.74, 6) is -0.514. The molecule has 0 spiro atoms. The van der Waals surface area contributed by atoms with Gasteiger partial charge in [0, 0.05) is 35.3 Å². The first-order chi connectivity index (χ1) is 18.4. The van der Waals surface area contributed by atoms with Gasteiger partial charge in [0.15, 0.2) is 11.4 Å². The number of aromatic nitrogens is 7. The highest BCUT2D eigenvalue weighted by atomic mass is 16.5. The van der Waals surface area contributed by atoms with E-state index < -0.39 is 5.97 Å². The van der Waals surface area contributed by atoms with Gasteiger partial charge in [-0.25, -0.2) is 14.8 Å². The van der Waals surface area contributed by atoms with Gasteiger partial charge in [-0.2, -0.15) is 9.61 Å². The molecule has 3 N–H and O–H groups in total. The maximum Gasteiger partial charge on any atom is 0.356 e. The SMILES string of the molecule is COC(=O)c1ccc(-c2cnn3c(N)c(C(C)=O)c([C@H]4C[C@H]5CC[C@@H](C4)N5C(=O)c4nnc[nH]4)nc23)cn1. The van der Waals surface area contributed by atoms with E-state index >= 15 is 0 Å². The Hall–Kier alpha value is -4.68. The van der Waals surface area contributed by atoms with E-state index in [1.807, 2.05) is 4.90 Å². The fourth-order valence-electron chi connectivity index (χ4n) is 5.84. The summed E-state index contributed by atoms with van der Waals surface area (Å²) in [5.41, 5.74) is 9.50. The lowest BCUT2D eigenvalue weighted by molar-refractivity contribution is 0.0554. The van der Waals surface area contributed by atoms with Crippen molar-refractivity contribution in [3.63, 3.8) is 0 Å². The highest BCUT2D eigenvalue weighted by molar-refractivity contribution is 6.00. The summed E-state index contributed by atoms with van der Waals surface area (Å²) in [6.07, 6.45) is 7.59. The van der Waals surface area contributed by atoms with Crippen molar-refractivity contribution in [2.45, 2.75) is 50.6 Å². The summed E-state index contributed by atoms with van der Waals surface area (Å²) in [6.45, 7) is 1.47. The van der Waals surface area contributed by atoms with E-state index in [-0.39, 0.29) is 47.0 Å². The number of esters is 1. The van der Waals surface area contributed by atoms with Gasteiger partial charge in [0.25, 0.3) is 5.91 Å². The quantitative estimate of drug-likeness (QED) is 0.295. The molecular weight excluding hydrogens is 490 g/mol. The number of carbonyl (C=O) groups excluding carboxylic acids is 3. The van der Waals surface area contributed by atoms with Gasteiger partial charge in [-0.15, -0.1) is 10.2 Å². The van der Waals surface area contributed by atoms with Crippen LogP contribution in [0.1, 0.15) is 75.7 Å². The number of aromatic amines is 1. The van der Waals surface area contributed by atoms with E-state index in [0.29, 0.717) is 40.9 Å². The van der Waals surface area contributed by atoms with E-state index in [9.17, 15) is 14.4 Å². The number of rotatable bonds is 5. The molecule has 2 aliphatic rings. The Morgan fingerprint density at radius 3 is 2.50 bits per heavy atom. The number of fused-ring (bicyclic) bond motifs is 3. The monoisotopic (exact) mass is 515 g/mol. The predicted octanol–water partition coefficient (Wildman–Crippen LogP) is 2.03. The third-order valence-corrected chi connectivity index (χ3v) is 7.51. The Kier molecular flexibility index (Phi) is 5.62. The molecule has 1 amide bonds. The Morgan fingerprint density at radius 2 is 1.89 bits per heavy atom. The third kappa shape index (κ3) is 3.69. The lowest BCUT2D eigenvalue weighted by Crippen LogP contribution is -2.46. The molecule has 13 nitrogen and oxygen atoms in total. The van der Waals surface area contributed by atoms with Crippen molar-refractivity contribution in [3.05, 3.63) is 53.6 Å². The Balaban J connectivity index is 1.39. The number of H-pyrrole nitrogens is 1. The van der Waals surface area contributed by atoms with Crippen LogP contribution < -0.4 is 5.73 Å². The number of nitrogens with one attached hydrogen (secondary N) is 1. The fourth-order valence-corrected chi connectivity index (χ4v) is 5.84. The highest BCUT2D eigenvalue weighted by Gasteiger charge is 2.45. The summed E-state index contributed by atoms with van der Waals surface area (Å²) in [5, 5.41) is 12.0. The predicted molar refractivity (Wildman–Crippen MR) is 133 cm³/mol. The maximum atomic E-state index is 13.1. The number of methoxy groups -OCH3 is 1. The molecule has 0 saturated carbocycles. The van der Waals surface area contributed by atoms with Crippen molar-refractivity contribution >= 4 is 29.1 Å². The number of Topliss-reactive ketones (excluding diaryl/α,β-unsaturated/α-hetero) is 1. The van der Waals surface area contributed by atoms with Gasteiger partial charge < -0.3 is 20.4 Å². The minimum absolute atomic E-state index is 0.00476. The van der Waals surface area contributed by atoms with Crippen molar-refractivity contribution < 1.29 is 19.1 Å². The number of nitrogens with zero attached hydrogens (tertiary/aromatic N) is 7. The van der Waals surface area contributed by atoms with E-state index in [4.69, 9.17) is 15.5 Å². The number of ketones is 1. The number of piperidine rings is 1. The molecule has 4 aromatic heterocycles. The van der Waals surface area contributed by atoms with Crippen LogP contribution in [-0.4, -0.2) is 76.5 Å². The highest BCUT2D eigenvalue weighted by Crippen LogP contribution is 2.45. The van der Waals surface area contributed by atoms with Crippen molar-refractivity contribution in [2.75, 3.05) is 12.8 Å². The van der Waals surface area contributed by atoms with E-state index in [0.717, 1.165) is 12.8 Å². The molecule has 2 saturated heterocycles. The van der Waals surface area contributed by atoms with Crippen molar-refractivity contribution in [1.82, 2.24) is 39.7 Å². The molecule has 0 radical (unpaired) electrons. The summed E-state index contributed by atoms with van der Waals surface area (Å²) < 4.78 is 6.18. The second-order valence-electron chi connectivity index (χ2n) is 9.63. The Bertz CT molecular complexity index is 1550. The van der Waals surface area contributed by atoms with Gasteiger partial charge in [0.1, 0.15) is 17.8 Å². The van der Waals surface area contributed by atoms with Crippen LogP contribution in [0.15, 0.2) is 30.9 Å². The fraction of sp³-hybridized carbons (Fsp3) is 0.360. The zero-order chi connectivity index (χ0) is 26.6. The molecule has 194 valence electrons. The van der Waals surface area contributed by atoms with Gasteiger partial charge >= 0.3 is 5.97 Å². The molecule has 13 heteroatoms. The topological polar surface area (TPSA) is 174 Å². The zero-order valence-corrected chi connectivity index (χ0v) is 20.8. The van der Waals surface area contributed by atoms with Crippen LogP contribution >= 0.6 is 0 Å². The van der Waals surface area contributed by atoms with Crippen LogP contribution in [0, 0.1) is 0 Å². The molecule has 3 atom stereocenters. The first-order valence-electron chi connectivity index (χ1n) is 12.3. The van der Waals surface area contributed by atoms with Crippen LogP contribution in [0.25, 0.3) is 16.8 Å². The molecule has 0 aliphatic carbocycles. The minimum Gasteiger partial charge on any atom is -0.464 e. The smallest absolute Gasteiger partial charge is 0.356 e. The van der Waals surface area contributed by atoms with Gasteiger partial charge in [0.2, 0.25) is 5.82 Å². The minimum atomic E-state index is -0.532. The lowest BCUT2D eigenvalue weighted by atomic mass is 9.85. The first kappa shape index (κ1) is 23.7. The average Bonchev–Trinajstić information content (AvgIpc) is 3.66. The molecule has 38 heavy (non-hydrogen) atoms. The first-order valence-corrected chi connectivity index (χ1v) is 12.3. The van der Waals surface area contributed by atoms with E-state index in [1.54, 1.807) is 24.5 Å². The van der Waals surface area contributed by atoms with Crippen molar-refractivity contribution in [2.24, 2.45) is 0 Å². The molecule has 6 rings (SSSR count). The zero-order valence-electron chi connectivity index (χ0n) is 20.8. The molecule has 4 aromatic rings. The van der Waals surface area contributed by atoms with Crippen LogP contribution in [0.5, 0.6) is 0 Å². The summed E-state index contributed by atoms with van der Waals surface area (Å²) in [4.78, 5) is 51.5. The Labute approximate surface area is 216 Å². The van der Waals surface area contributed by atoms with Crippen LogP contribution in [0.4, 0.5) is 5.82 Å². The number of carbonyl (C=O) groups is 3. The summed E-state index contributed by atoms with van der Waals surface area (Å²) in [7, 11) is 1.30. The van der Waals surface area contributed by atoms with Crippen LogP contribution in [-0.2, 0) is 4.74 Å². The molecule has 6 heterocycles. The normalized spacial score (nSPS) is 20.6. The second-order valence-corrected chi connectivity index (χ2v) is 9.63. The molecule has 2 fully saturated rings. The number of nitrogens with two attached hydrogens (primary N) is 1. The Morgan fingerprint density at radius 1 is 1.13 bits per heavy atom. The number of nitrogen functional groups attached to an aromatic ring is 1. The van der Waals surface area contributed by atoms with E-state index in [2.05, 4.69) is 25.3 Å². The number of hydrogen-bond donors (Lipinski definition) is 2.